The van der Waals surface area contributed by atoms with Gasteiger partial charge in [0.2, 0.25) is 0 Å². The largest absolute Gasteiger partial charge is 0.497 e. The topological polar surface area (TPSA) is 41.5 Å². The number of hydrogen-bond donors (Lipinski definition) is 0. The molecule has 128 valence electrons. The van der Waals surface area contributed by atoms with Gasteiger partial charge in [-0.2, -0.15) is 0 Å². The van der Waals surface area contributed by atoms with Gasteiger partial charge in [-0.1, -0.05) is 6.07 Å². The van der Waals surface area contributed by atoms with Crippen LogP contribution in [-0.2, 0) is 0 Å². The van der Waals surface area contributed by atoms with Gasteiger partial charge in [0, 0.05) is 55.2 Å². The maximum Gasteiger partial charge on any atom is 0.128 e. The van der Waals surface area contributed by atoms with E-state index in [0.29, 0.717) is 0 Å². The van der Waals surface area contributed by atoms with Gasteiger partial charge in [-0.15, -0.1) is 0 Å². The van der Waals surface area contributed by atoms with Gasteiger partial charge in [-0.3, -0.25) is 4.98 Å². The maximum atomic E-state index is 5.34. The molecular formula is C20H22N4O. The van der Waals surface area contributed by atoms with Crippen molar-refractivity contribution >= 4 is 22.4 Å². The van der Waals surface area contributed by atoms with Crippen LogP contribution in [0.5, 0.6) is 5.75 Å². The molecule has 1 aromatic carbocycles. The second-order valence-electron chi connectivity index (χ2n) is 6.33. The van der Waals surface area contributed by atoms with Crippen molar-refractivity contribution in [2.24, 2.45) is 0 Å². The molecule has 1 aliphatic heterocycles. The van der Waals surface area contributed by atoms with E-state index in [-0.39, 0.29) is 0 Å². The van der Waals surface area contributed by atoms with E-state index >= 15 is 0 Å². The Kier molecular flexibility index (Phi) is 4.14. The van der Waals surface area contributed by atoms with E-state index < -0.39 is 0 Å². The normalized spacial score (nSPS) is 14.8. The molecule has 1 saturated heterocycles. The lowest BCUT2D eigenvalue weighted by Crippen LogP contribution is -2.46. The maximum absolute atomic E-state index is 5.34. The first-order chi connectivity index (χ1) is 12.2. The zero-order chi connectivity index (χ0) is 17.2. The van der Waals surface area contributed by atoms with Crippen LogP contribution >= 0.6 is 0 Å². The second kappa shape index (κ2) is 6.59. The van der Waals surface area contributed by atoms with Crippen molar-refractivity contribution in [2.75, 3.05) is 43.1 Å². The van der Waals surface area contributed by atoms with Crippen molar-refractivity contribution in [1.29, 1.82) is 0 Å². The van der Waals surface area contributed by atoms with Crippen LogP contribution in [0.25, 0.3) is 10.9 Å². The van der Waals surface area contributed by atoms with Gasteiger partial charge in [0.05, 0.1) is 12.6 Å². The van der Waals surface area contributed by atoms with Gasteiger partial charge in [-0.05, 0) is 37.3 Å². The summed E-state index contributed by atoms with van der Waals surface area (Å²) in [6.07, 6.45) is 1.86. The molecule has 5 nitrogen and oxygen atoms in total. The van der Waals surface area contributed by atoms with Crippen molar-refractivity contribution < 1.29 is 4.74 Å². The zero-order valence-corrected chi connectivity index (χ0v) is 14.6. The van der Waals surface area contributed by atoms with Gasteiger partial charge >= 0.3 is 0 Å². The van der Waals surface area contributed by atoms with Crippen molar-refractivity contribution in [2.45, 2.75) is 6.92 Å². The number of fused-ring (bicyclic) bond motifs is 1. The van der Waals surface area contributed by atoms with Crippen LogP contribution in [0.1, 0.15) is 5.69 Å². The van der Waals surface area contributed by atoms with Crippen LogP contribution < -0.4 is 14.5 Å². The second-order valence-corrected chi connectivity index (χ2v) is 6.33. The highest BCUT2D eigenvalue weighted by Crippen LogP contribution is 2.30. The summed E-state index contributed by atoms with van der Waals surface area (Å²) in [4.78, 5) is 13.9. The molecule has 25 heavy (non-hydrogen) atoms. The van der Waals surface area contributed by atoms with E-state index in [1.165, 1.54) is 11.1 Å². The Hall–Kier alpha value is -2.82. The Bertz CT molecular complexity index is 874. The molecule has 3 heterocycles. The third kappa shape index (κ3) is 3.09. The van der Waals surface area contributed by atoms with Gasteiger partial charge in [0.15, 0.2) is 0 Å². The van der Waals surface area contributed by atoms with E-state index in [4.69, 9.17) is 4.74 Å². The number of piperazine rings is 1. The van der Waals surface area contributed by atoms with E-state index in [0.717, 1.165) is 49.0 Å². The Morgan fingerprint density at radius 1 is 0.960 bits per heavy atom. The number of hydrogen-bond acceptors (Lipinski definition) is 5. The average Bonchev–Trinajstić information content (AvgIpc) is 2.67. The highest BCUT2D eigenvalue weighted by atomic mass is 16.5. The first-order valence-electron chi connectivity index (χ1n) is 8.61. The number of ether oxygens (including phenoxy) is 1. The Morgan fingerprint density at radius 3 is 2.48 bits per heavy atom. The summed E-state index contributed by atoms with van der Waals surface area (Å²) in [5, 5.41) is 1.18. The summed E-state index contributed by atoms with van der Waals surface area (Å²) in [5.74, 6) is 1.90. The predicted molar refractivity (Wildman–Crippen MR) is 102 cm³/mol. The molecule has 0 bridgehead atoms. The number of aryl methyl sites for hydroxylation is 1. The summed E-state index contributed by atoms with van der Waals surface area (Å²) >= 11 is 0. The quantitative estimate of drug-likeness (QED) is 0.735. The van der Waals surface area contributed by atoms with Crippen molar-refractivity contribution in [3.05, 3.63) is 54.4 Å². The molecule has 0 saturated carbocycles. The minimum Gasteiger partial charge on any atom is -0.497 e. The Morgan fingerprint density at radius 2 is 1.76 bits per heavy atom. The van der Waals surface area contributed by atoms with Crippen LogP contribution in [0.3, 0.4) is 0 Å². The first-order valence-corrected chi connectivity index (χ1v) is 8.61. The average molecular weight is 334 g/mol. The zero-order valence-electron chi connectivity index (χ0n) is 14.6. The molecule has 4 rings (SSSR count). The number of aromatic nitrogens is 2. The summed E-state index contributed by atoms with van der Waals surface area (Å²) in [6.45, 7) is 5.93. The molecule has 0 N–H and O–H groups in total. The van der Waals surface area contributed by atoms with Gasteiger partial charge in [-0.25, -0.2) is 4.98 Å². The van der Waals surface area contributed by atoms with E-state index in [1.54, 1.807) is 7.11 Å². The molecule has 2 aromatic heterocycles. The van der Waals surface area contributed by atoms with Crippen molar-refractivity contribution in [3.8, 4) is 5.75 Å². The lowest BCUT2D eigenvalue weighted by Gasteiger charge is -2.37. The minimum absolute atomic E-state index is 0.844. The minimum atomic E-state index is 0.844. The number of benzene rings is 1. The number of anilines is 2. The lowest BCUT2D eigenvalue weighted by atomic mass is 10.1. The summed E-state index contributed by atoms with van der Waals surface area (Å²) < 4.78 is 5.34. The molecular weight excluding hydrogens is 312 g/mol. The molecule has 1 aliphatic rings. The fourth-order valence-corrected chi connectivity index (χ4v) is 3.42. The first kappa shape index (κ1) is 15.7. The van der Waals surface area contributed by atoms with Gasteiger partial charge in [0.1, 0.15) is 11.6 Å². The van der Waals surface area contributed by atoms with Crippen LogP contribution in [0.2, 0.25) is 0 Å². The summed E-state index contributed by atoms with van der Waals surface area (Å²) in [7, 11) is 1.69. The lowest BCUT2D eigenvalue weighted by molar-refractivity contribution is 0.415. The predicted octanol–water partition coefficient (Wildman–Crippen LogP) is 3.27. The number of pyridine rings is 2. The highest BCUT2D eigenvalue weighted by Gasteiger charge is 2.20. The molecule has 0 radical (unpaired) electrons. The van der Waals surface area contributed by atoms with Crippen molar-refractivity contribution in [3.63, 3.8) is 0 Å². The third-order valence-electron chi connectivity index (χ3n) is 4.72. The van der Waals surface area contributed by atoms with Crippen molar-refractivity contribution in [1.82, 2.24) is 9.97 Å². The molecule has 0 amide bonds. The molecule has 5 heteroatoms. The van der Waals surface area contributed by atoms with Crippen LogP contribution in [0.4, 0.5) is 11.5 Å². The fraction of sp³-hybridized carbons (Fsp3) is 0.300. The van der Waals surface area contributed by atoms with E-state index in [1.807, 2.05) is 37.4 Å². The number of methoxy groups -OCH3 is 1. The number of rotatable bonds is 3. The molecule has 0 unspecified atom stereocenters. The Balaban J connectivity index is 1.60. The van der Waals surface area contributed by atoms with Gasteiger partial charge in [0.25, 0.3) is 0 Å². The Labute approximate surface area is 147 Å². The fourth-order valence-electron chi connectivity index (χ4n) is 3.42. The standard InChI is InChI=1S/C20H22N4O/c1-15-13-19(17-7-6-16(25-2)14-18(17)22-15)23-9-11-24(12-10-23)20-5-3-4-8-21-20/h3-8,13-14H,9-12H2,1-2H3. The van der Waals surface area contributed by atoms with E-state index in [9.17, 15) is 0 Å². The molecule has 1 fully saturated rings. The van der Waals surface area contributed by atoms with Crippen LogP contribution in [0.15, 0.2) is 48.7 Å². The van der Waals surface area contributed by atoms with Crippen LogP contribution in [0, 0.1) is 6.92 Å². The molecule has 0 aliphatic carbocycles. The van der Waals surface area contributed by atoms with Crippen LogP contribution in [-0.4, -0.2) is 43.3 Å². The third-order valence-corrected chi connectivity index (χ3v) is 4.72. The van der Waals surface area contributed by atoms with E-state index in [2.05, 4.69) is 38.0 Å². The highest BCUT2D eigenvalue weighted by molar-refractivity contribution is 5.93. The SMILES string of the molecule is COc1ccc2c(N3CCN(c4ccccn4)CC3)cc(C)nc2c1. The summed E-state index contributed by atoms with van der Waals surface area (Å²) in [5.41, 5.74) is 3.27. The van der Waals surface area contributed by atoms with Gasteiger partial charge < -0.3 is 14.5 Å². The molecule has 0 spiro atoms. The molecule has 3 aromatic rings. The number of nitrogens with zero attached hydrogens (tertiary/aromatic N) is 4. The summed E-state index contributed by atoms with van der Waals surface area (Å²) in [6, 6.07) is 14.4. The monoisotopic (exact) mass is 334 g/mol. The molecule has 0 atom stereocenters. The smallest absolute Gasteiger partial charge is 0.128 e.